The van der Waals surface area contributed by atoms with Crippen LogP contribution in [-0.2, 0) is 6.54 Å². The van der Waals surface area contributed by atoms with Crippen LogP contribution in [0.5, 0.6) is 0 Å². The molecule has 3 rings (SSSR count). The van der Waals surface area contributed by atoms with Crippen LogP contribution in [0.25, 0.3) is 11.0 Å². The zero-order chi connectivity index (χ0) is 13.9. The van der Waals surface area contributed by atoms with Gasteiger partial charge in [0.25, 0.3) is 0 Å². The molecule has 20 heavy (non-hydrogen) atoms. The summed E-state index contributed by atoms with van der Waals surface area (Å²) in [7, 11) is 0. The molecule has 7 heteroatoms. The Morgan fingerprint density at radius 3 is 2.85 bits per heavy atom. The molecule has 1 aromatic heterocycles. The first-order valence-electron chi connectivity index (χ1n) is 6.61. The molecular weight excluding hydrogens is 276 g/mol. The zero-order valence-electron chi connectivity index (χ0n) is 11.0. The maximum absolute atomic E-state index is 11.1. The topological polar surface area (TPSA) is 71.2 Å². The number of benzene rings is 1. The zero-order valence-corrected chi connectivity index (χ0v) is 11.8. The Kier molecular flexibility index (Phi) is 3.88. The third-order valence-electron chi connectivity index (χ3n) is 3.51. The van der Waals surface area contributed by atoms with Crippen LogP contribution in [0.15, 0.2) is 18.2 Å². The highest BCUT2D eigenvalue weighted by molar-refractivity contribution is 7.99. The fraction of sp³-hybridized carbons (Fsp3) is 0.462. The van der Waals surface area contributed by atoms with Gasteiger partial charge < -0.3 is 5.11 Å². The summed E-state index contributed by atoms with van der Waals surface area (Å²) in [5, 5.41) is 17.2. The molecule has 1 fully saturated rings. The van der Waals surface area contributed by atoms with E-state index >= 15 is 0 Å². The van der Waals surface area contributed by atoms with Crippen LogP contribution in [0.3, 0.4) is 0 Å². The number of aromatic carboxylic acids is 1. The van der Waals surface area contributed by atoms with Crippen LogP contribution < -0.4 is 0 Å². The molecule has 1 aromatic carbocycles. The summed E-state index contributed by atoms with van der Waals surface area (Å²) < 4.78 is 1.80. The fourth-order valence-corrected chi connectivity index (χ4v) is 3.37. The van der Waals surface area contributed by atoms with Crippen LogP contribution >= 0.6 is 11.8 Å². The van der Waals surface area contributed by atoms with E-state index < -0.39 is 5.97 Å². The van der Waals surface area contributed by atoms with Gasteiger partial charge in [0.05, 0.1) is 17.6 Å². The first-order valence-corrected chi connectivity index (χ1v) is 7.77. The van der Waals surface area contributed by atoms with Crippen molar-refractivity contribution in [2.45, 2.75) is 6.54 Å². The lowest BCUT2D eigenvalue weighted by Crippen LogP contribution is -2.35. The number of carboxylic acid groups (broad SMARTS) is 1. The van der Waals surface area contributed by atoms with Gasteiger partial charge in [0.1, 0.15) is 5.52 Å². The lowest BCUT2D eigenvalue weighted by atomic mass is 10.2. The second kappa shape index (κ2) is 5.80. The van der Waals surface area contributed by atoms with E-state index in [-0.39, 0.29) is 5.56 Å². The van der Waals surface area contributed by atoms with Crippen LogP contribution in [0, 0.1) is 0 Å². The minimum absolute atomic E-state index is 0.211. The number of carboxylic acids is 1. The number of fused-ring (bicyclic) bond motifs is 1. The Bertz CT molecular complexity index is 622. The summed E-state index contributed by atoms with van der Waals surface area (Å²) in [4.78, 5) is 13.5. The third-order valence-corrected chi connectivity index (χ3v) is 4.45. The number of rotatable bonds is 4. The van der Waals surface area contributed by atoms with Crippen molar-refractivity contribution in [2.75, 3.05) is 31.1 Å². The minimum Gasteiger partial charge on any atom is -0.478 e. The Hall–Kier alpha value is -1.60. The van der Waals surface area contributed by atoms with Crippen LogP contribution in [-0.4, -0.2) is 62.1 Å². The van der Waals surface area contributed by atoms with Gasteiger partial charge in [-0.05, 0) is 12.1 Å². The van der Waals surface area contributed by atoms with E-state index in [1.54, 1.807) is 16.8 Å². The normalized spacial score (nSPS) is 16.6. The van der Waals surface area contributed by atoms with E-state index in [1.165, 1.54) is 11.5 Å². The molecule has 1 aliphatic heterocycles. The average molecular weight is 292 g/mol. The van der Waals surface area contributed by atoms with Gasteiger partial charge in [0, 0.05) is 31.1 Å². The largest absolute Gasteiger partial charge is 0.478 e. The number of hydrogen-bond donors (Lipinski definition) is 1. The molecule has 0 saturated carbocycles. The molecule has 0 radical (unpaired) electrons. The summed E-state index contributed by atoms with van der Waals surface area (Å²) in [5.74, 6) is 1.40. The molecule has 0 aliphatic carbocycles. The molecule has 2 heterocycles. The van der Waals surface area contributed by atoms with Gasteiger partial charge in [-0.15, -0.1) is 5.10 Å². The Morgan fingerprint density at radius 1 is 1.30 bits per heavy atom. The number of aromatic nitrogens is 3. The summed E-state index contributed by atoms with van der Waals surface area (Å²) in [6, 6.07) is 5.17. The first kappa shape index (κ1) is 13.4. The summed E-state index contributed by atoms with van der Waals surface area (Å²) in [5.41, 5.74) is 1.47. The number of nitrogens with zero attached hydrogens (tertiary/aromatic N) is 4. The van der Waals surface area contributed by atoms with E-state index in [2.05, 4.69) is 15.2 Å². The summed E-state index contributed by atoms with van der Waals surface area (Å²) in [6.45, 7) is 3.88. The molecule has 0 spiro atoms. The van der Waals surface area contributed by atoms with E-state index in [0.717, 1.165) is 31.7 Å². The highest BCUT2D eigenvalue weighted by Crippen LogP contribution is 2.16. The van der Waals surface area contributed by atoms with Gasteiger partial charge >= 0.3 is 5.97 Å². The smallest absolute Gasteiger partial charge is 0.338 e. The van der Waals surface area contributed by atoms with E-state index in [1.807, 2.05) is 17.8 Å². The summed E-state index contributed by atoms with van der Waals surface area (Å²) in [6.07, 6.45) is 0. The molecule has 1 N–H and O–H groups in total. The Balaban J connectivity index is 1.78. The predicted molar refractivity (Wildman–Crippen MR) is 78.3 cm³/mol. The first-order chi connectivity index (χ1) is 9.75. The highest BCUT2D eigenvalue weighted by atomic mass is 32.2. The van der Waals surface area contributed by atoms with Crippen molar-refractivity contribution in [3.8, 4) is 0 Å². The number of hydrogen-bond acceptors (Lipinski definition) is 5. The average Bonchev–Trinajstić information content (AvgIpc) is 2.89. The molecular formula is C13H16N4O2S. The molecule has 106 valence electrons. The minimum atomic E-state index is -0.962. The predicted octanol–water partition coefficient (Wildman–Crippen LogP) is 1.18. The molecule has 0 unspecified atom stereocenters. The van der Waals surface area contributed by atoms with Gasteiger partial charge in [-0.3, -0.25) is 4.90 Å². The molecule has 0 bridgehead atoms. The molecule has 2 aromatic rings. The lowest BCUT2D eigenvalue weighted by molar-refractivity contribution is 0.0699. The second-order valence-electron chi connectivity index (χ2n) is 4.75. The van der Waals surface area contributed by atoms with Crippen LogP contribution in [0.2, 0.25) is 0 Å². The second-order valence-corrected chi connectivity index (χ2v) is 5.97. The van der Waals surface area contributed by atoms with Crippen molar-refractivity contribution in [3.63, 3.8) is 0 Å². The monoisotopic (exact) mass is 292 g/mol. The van der Waals surface area contributed by atoms with Crippen molar-refractivity contribution >= 4 is 28.8 Å². The molecule has 0 atom stereocenters. The lowest BCUT2D eigenvalue weighted by Gasteiger charge is -2.25. The summed E-state index contributed by atoms with van der Waals surface area (Å²) >= 11 is 1.99. The highest BCUT2D eigenvalue weighted by Gasteiger charge is 2.15. The standard InChI is InChI=1S/C13H16N4O2S/c18-13(19)10-2-1-3-11-12(10)14-15-17(11)5-4-16-6-8-20-9-7-16/h1-3H,4-9H2,(H,18,19). The van der Waals surface area contributed by atoms with Gasteiger partial charge in [-0.2, -0.15) is 11.8 Å². The molecule has 1 aliphatic rings. The van der Waals surface area contributed by atoms with Gasteiger partial charge in [0.2, 0.25) is 0 Å². The fourth-order valence-electron chi connectivity index (χ4n) is 2.39. The van der Waals surface area contributed by atoms with Gasteiger partial charge in [0.15, 0.2) is 0 Å². The van der Waals surface area contributed by atoms with Crippen LogP contribution in [0.1, 0.15) is 10.4 Å². The van der Waals surface area contributed by atoms with Crippen molar-refractivity contribution in [2.24, 2.45) is 0 Å². The van der Waals surface area contributed by atoms with Crippen molar-refractivity contribution in [1.82, 2.24) is 19.9 Å². The Morgan fingerprint density at radius 2 is 2.10 bits per heavy atom. The van der Waals surface area contributed by atoms with Crippen molar-refractivity contribution in [3.05, 3.63) is 23.8 Å². The van der Waals surface area contributed by atoms with Gasteiger partial charge in [-0.25, -0.2) is 9.48 Å². The van der Waals surface area contributed by atoms with Crippen molar-refractivity contribution < 1.29 is 9.90 Å². The Labute approximate surface area is 120 Å². The number of thioether (sulfide) groups is 1. The van der Waals surface area contributed by atoms with Crippen LogP contribution in [0.4, 0.5) is 0 Å². The van der Waals surface area contributed by atoms with Crippen molar-refractivity contribution in [1.29, 1.82) is 0 Å². The van der Waals surface area contributed by atoms with E-state index in [9.17, 15) is 4.79 Å². The maximum atomic E-state index is 11.1. The SMILES string of the molecule is O=C(O)c1cccc2c1nnn2CCN1CCSCC1. The molecule has 0 amide bonds. The number of carbonyl (C=O) groups is 1. The van der Waals surface area contributed by atoms with Gasteiger partial charge in [-0.1, -0.05) is 11.3 Å². The molecule has 6 nitrogen and oxygen atoms in total. The maximum Gasteiger partial charge on any atom is 0.338 e. The molecule has 1 saturated heterocycles. The van der Waals surface area contributed by atoms with E-state index in [0.29, 0.717) is 5.52 Å². The quantitative estimate of drug-likeness (QED) is 0.912. The third kappa shape index (κ3) is 2.64. The van der Waals surface area contributed by atoms with E-state index in [4.69, 9.17) is 5.11 Å².